The molecule has 0 unspecified atom stereocenters. The monoisotopic (exact) mass is 158 g/mol. The van der Waals surface area contributed by atoms with Crippen molar-refractivity contribution in [3.63, 3.8) is 0 Å². The van der Waals surface area contributed by atoms with Crippen LogP contribution < -0.4 is 0 Å². The molecule has 0 rings (SSSR count). The first-order valence-electron chi connectivity index (χ1n) is 0.943. The Morgan fingerprint density at radius 3 is 1.43 bits per heavy atom. The van der Waals surface area contributed by atoms with Gasteiger partial charge in [-0.15, -0.1) is 0 Å². The minimum absolute atomic E-state index is 0. The molecule has 0 aromatic rings. The van der Waals surface area contributed by atoms with Gasteiger partial charge in [-0.2, -0.15) is 0 Å². The van der Waals surface area contributed by atoms with E-state index in [0.29, 0.717) is 0 Å². The maximum atomic E-state index is 8.95. The van der Waals surface area contributed by atoms with Crippen LogP contribution in [0.4, 0.5) is 0 Å². The van der Waals surface area contributed by atoms with Crippen LogP contribution in [0.25, 0.3) is 0 Å². The van der Waals surface area contributed by atoms with Crippen LogP contribution in [0.2, 0.25) is 0 Å². The third-order valence-electron chi connectivity index (χ3n) is 0.111. The number of carbonyl (C=O) groups excluding carboxylic acids is 2. The molecular formula is C2H6Ca2O3. The molecule has 0 spiro atoms. The molecule has 0 heterocycles. The quantitative estimate of drug-likeness (QED) is 0.294. The Morgan fingerprint density at radius 2 is 1.43 bits per heavy atom. The van der Waals surface area contributed by atoms with Crippen LogP contribution in [0.3, 0.4) is 0 Å². The summed E-state index contributed by atoms with van der Waals surface area (Å²) in [5, 5.41) is 0. The fraction of sp³-hybridized carbons (Fsp3) is 0. The number of ether oxygens (including phenoxy) is 1. The topological polar surface area (TPSA) is 43.4 Å². The predicted molar refractivity (Wildman–Crippen MR) is 29.2 cm³/mol. The zero-order valence-corrected chi connectivity index (χ0v) is 8.21. The van der Waals surface area contributed by atoms with Crippen molar-refractivity contribution in [1.82, 2.24) is 0 Å². The predicted octanol–water partition coefficient (Wildman–Crippen LogP) is -0.996. The van der Waals surface area contributed by atoms with Crippen molar-refractivity contribution in [3.8, 4) is 0 Å². The van der Waals surface area contributed by atoms with E-state index in [-0.39, 0.29) is 94.1 Å². The van der Waals surface area contributed by atoms with Crippen molar-refractivity contribution in [1.29, 1.82) is 0 Å². The fourth-order valence-electron chi connectivity index (χ4n) is 0.0227. The Balaban J connectivity index is -0.00000000533. The van der Waals surface area contributed by atoms with Gasteiger partial charge in [0.1, 0.15) is 0 Å². The van der Waals surface area contributed by atoms with Crippen molar-refractivity contribution < 1.29 is 20.0 Å². The molecule has 0 amide bonds. The van der Waals surface area contributed by atoms with Crippen molar-refractivity contribution in [2.75, 3.05) is 0 Å². The van der Waals surface area contributed by atoms with Crippen molar-refractivity contribution in [2.24, 2.45) is 0 Å². The molecule has 0 aliphatic carbocycles. The molecule has 0 saturated carbocycles. The van der Waals surface area contributed by atoms with Crippen molar-refractivity contribution >= 4 is 88.4 Å². The molecular weight excluding hydrogens is 152 g/mol. The van der Waals surface area contributed by atoms with Gasteiger partial charge in [0.15, 0.2) is 0 Å². The van der Waals surface area contributed by atoms with Crippen molar-refractivity contribution in [3.05, 3.63) is 0 Å². The molecule has 5 heteroatoms. The standard InChI is InChI=1S/C2H2O3.2Ca.4H/c3-1-5-2-4;;;;;;/h1-2H;;;;;;/q;2*+2;4*-1. The van der Waals surface area contributed by atoms with Gasteiger partial charge < -0.3 is 10.4 Å². The summed E-state index contributed by atoms with van der Waals surface area (Å²) in [6.07, 6.45) is 0. The van der Waals surface area contributed by atoms with Crippen LogP contribution in [0.1, 0.15) is 5.71 Å². The molecule has 0 aromatic carbocycles. The van der Waals surface area contributed by atoms with Gasteiger partial charge in [-0.25, -0.2) is 0 Å². The molecule has 36 valence electrons. The van der Waals surface area contributed by atoms with E-state index in [1.54, 1.807) is 0 Å². The Hall–Kier alpha value is 1.66. The second-order valence-electron chi connectivity index (χ2n) is 0.329. The SMILES string of the molecule is O=COC=O.[Ca+2].[Ca+2].[H-].[H-].[H-].[H-]. The third-order valence-corrected chi connectivity index (χ3v) is 0.111. The Bertz CT molecular complexity index is 50.6. The first-order chi connectivity index (χ1) is 2.41. The van der Waals surface area contributed by atoms with E-state index < -0.39 is 0 Å². The molecule has 0 aromatic heterocycles. The minimum atomic E-state index is 0. The maximum absolute atomic E-state index is 8.95. The number of hydrogen-bond donors (Lipinski definition) is 0. The van der Waals surface area contributed by atoms with Crippen LogP contribution in [0.5, 0.6) is 0 Å². The molecule has 0 bridgehead atoms. The van der Waals surface area contributed by atoms with Gasteiger partial charge in [0, 0.05) is 0 Å². The fourth-order valence-corrected chi connectivity index (χ4v) is 0.0227. The van der Waals surface area contributed by atoms with Crippen LogP contribution >= 0.6 is 0 Å². The molecule has 3 nitrogen and oxygen atoms in total. The van der Waals surface area contributed by atoms with E-state index in [1.807, 2.05) is 0 Å². The zero-order chi connectivity index (χ0) is 4.12. The summed E-state index contributed by atoms with van der Waals surface area (Å²) < 4.78 is 3.47. The van der Waals surface area contributed by atoms with E-state index in [0.717, 1.165) is 0 Å². The molecule has 7 heavy (non-hydrogen) atoms. The van der Waals surface area contributed by atoms with E-state index in [9.17, 15) is 0 Å². The van der Waals surface area contributed by atoms with Gasteiger partial charge in [0.05, 0.1) is 0 Å². The number of rotatable bonds is 2. The van der Waals surface area contributed by atoms with E-state index in [4.69, 9.17) is 9.59 Å². The number of carbonyl (C=O) groups is 2. The van der Waals surface area contributed by atoms with Crippen LogP contribution in [0.15, 0.2) is 0 Å². The van der Waals surface area contributed by atoms with Gasteiger partial charge in [-0.1, -0.05) is 0 Å². The molecule has 0 N–H and O–H groups in total. The largest absolute Gasteiger partial charge is 2.00 e. The Kier molecular flexibility index (Phi) is 35.5. The third kappa shape index (κ3) is 18.3. The summed E-state index contributed by atoms with van der Waals surface area (Å²) in [5.74, 6) is 0. The smallest absolute Gasteiger partial charge is 1.00 e. The normalized spacial score (nSPS) is 4.00. The zero-order valence-electron chi connectivity index (χ0n) is 7.79. The first kappa shape index (κ1) is 15.9. The van der Waals surface area contributed by atoms with Crippen LogP contribution in [0, 0.1) is 0 Å². The van der Waals surface area contributed by atoms with Gasteiger partial charge in [-0.05, 0) is 0 Å². The van der Waals surface area contributed by atoms with E-state index in [2.05, 4.69) is 4.74 Å². The van der Waals surface area contributed by atoms with Crippen molar-refractivity contribution in [2.45, 2.75) is 0 Å². The average molecular weight is 158 g/mol. The minimum Gasteiger partial charge on any atom is -1.00 e. The van der Waals surface area contributed by atoms with Gasteiger partial charge in [0.25, 0.3) is 0 Å². The second-order valence-corrected chi connectivity index (χ2v) is 0.329. The van der Waals surface area contributed by atoms with Crippen LogP contribution in [-0.4, -0.2) is 88.4 Å². The summed E-state index contributed by atoms with van der Waals surface area (Å²) in [6, 6.07) is 0. The summed E-state index contributed by atoms with van der Waals surface area (Å²) in [4.78, 5) is 17.9. The number of hydrogen-bond acceptors (Lipinski definition) is 3. The summed E-state index contributed by atoms with van der Waals surface area (Å²) in [7, 11) is 0. The van der Waals surface area contributed by atoms with Gasteiger partial charge in [-0.3, -0.25) is 9.59 Å². The molecule has 0 fully saturated rings. The summed E-state index contributed by atoms with van der Waals surface area (Å²) in [5.41, 5.74) is 0. The summed E-state index contributed by atoms with van der Waals surface area (Å²) in [6.45, 7) is 0.125. The van der Waals surface area contributed by atoms with E-state index >= 15 is 0 Å². The molecule has 0 aliphatic rings. The van der Waals surface area contributed by atoms with Gasteiger partial charge in [0.2, 0.25) is 0 Å². The molecule has 0 saturated heterocycles. The summed E-state index contributed by atoms with van der Waals surface area (Å²) >= 11 is 0. The maximum Gasteiger partial charge on any atom is 2.00 e. The Labute approximate surface area is 107 Å². The van der Waals surface area contributed by atoms with Crippen LogP contribution in [-0.2, 0) is 14.3 Å². The molecule has 0 aliphatic heterocycles. The van der Waals surface area contributed by atoms with Gasteiger partial charge >= 0.3 is 88.4 Å². The Morgan fingerprint density at radius 1 is 1.14 bits per heavy atom. The second kappa shape index (κ2) is 15.6. The molecule has 0 radical (unpaired) electrons. The first-order valence-corrected chi connectivity index (χ1v) is 0.943. The molecule has 0 atom stereocenters. The average Bonchev–Trinajstić information content (AvgIpc) is 1.41. The van der Waals surface area contributed by atoms with E-state index in [1.165, 1.54) is 0 Å².